The average molecular weight is 554 g/mol. The lowest BCUT2D eigenvalue weighted by molar-refractivity contribution is -0.127. The molecule has 0 aromatic heterocycles. The number of nitrogens with one attached hydrogen (secondary N) is 3. The van der Waals surface area contributed by atoms with E-state index in [1.54, 1.807) is 13.2 Å². The molecular weight excluding hydrogens is 526 g/mol. The Bertz CT molecular complexity index is 1270. The number of benzene rings is 2. The summed E-state index contributed by atoms with van der Waals surface area (Å²) in [7, 11) is 1.56. The van der Waals surface area contributed by atoms with Gasteiger partial charge < -0.3 is 20.1 Å². The molecule has 2 aliphatic heterocycles. The van der Waals surface area contributed by atoms with E-state index in [1.807, 2.05) is 50.2 Å². The third-order valence-electron chi connectivity index (χ3n) is 6.96. The average Bonchev–Trinajstić information content (AvgIpc) is 2.81. The molecule has 9 heteroatoms. The number of rotatable bonds is 5. The highest BCUT2D eigenvalue weighted by atomic mass is 79.9. The van der Waals surface area contributed by atoms with Gasteiger partial charge in [-0.25, -0.2) is 4.79 Å². The predicted octanol–water partition coefficient (Wildman–Crippen LogP) is 4.15. The molecule has 0 spiro atoms. The Kier molecular flexibility index (Phi) is 6.28. The van der Waals surface area contributed by atoms with Gasteiger partial charge in [-0.05, 0) is 47.2 Å². The molecule has 1 saturated heterocycles. The molecule has 5 rings (SSSR count). The van der Waals surface area contributed by atoms with Gasteiger partial charge in [-0.15, -0.1) is 0 Å². The molecule has 188 valence electrons. The standard InChI is InChI=1S/C27H28BrN3O5/c1-27(2)11-17-22(18(32)12-27)21(23-24(29-17)30-26(34)31-25(23)33)15-6-9-19(20(10-15)35-3)36-13-14-4-7-16(28)8-5-14/h4-10,21,23-24,29H,11-13H2,1-3H3,(H2,30,31,33,34). The fourth-order valence-electron chi connectivity index (χ4n) is 5.39. The number of hydrogen-bond donors (Lipinski definition) is 3. The van der Waals surface area contributed by atoms with Crippen molar-refractivity contribution in [2.24, 2.45) is 11.3 Å². The van der Waals surface area contributed by atoms with Crippen LogP contribution in [0.2, 0.25) is 0 Å². The Morgan fingerprint density at radius 1 is 1.00 bits per heavy atom. The van der Waals surface area contributed by atoms with Crippen LogP contribution in [0.3, 0.4) is 0 Å². The van der Waals surface area contributed by atoms with E-state index in [4.69, 9.17) is 9.47 Å². The van der Waals surface area contributed by atoms with Crippen LogP contribution in [-0.2, 0) is 16.2 Å². The number of amides is 3. The first-order valence-electron chi connectivity index (χ1n) is 11.8. The third kappa shape index (κ3) is 4.59. The molecule has 1 fully saturated rings. The molecule has 1 aliphatic carbocycles. The molecule has 0 saturated carbocycles. The maximum absolute atomic E-state index is 13.4. The van der Waals surface area contributed by atoms with Crippen molar-refractivity contribution in [3.63, 3.8) is 0 Å². The molecule has 3 unspecified atom stereocenters. The van der Waals surface area contributed by atoms with Crippen molar-refractivity contribution < 1.29 is 23.9 Å². The quantitative estimate of drug-likeness (QED) is 0.513. The summed E-state index contributed by atoms with van der Waals surface area (Å²) in [5, 5.41) is 8.48. The van der Waals surface area contributed by atoms with E-state index in [2.05, 4.69) is 31.9 Å². The highest BCUT2D eigenvalue weighted by Crippen LogP contribution is 2.48. The molecule has 2 heterocycles. The summed E-state index contributed by atoms with van der Waals surface area (Å²) >= 11 is 3.43. The first-order valence-corrected chi connectivity index (χ1v) is 12.6. The molecule has 0 bridgehead atoms. The van der Waals surface area contributed by atoms with Gasteiger partial charge in [0.1, 0.15) is 12.8 Å². The van der Waals surface area contributed by atoms with Gasteiger partial charge in [0.25, 0.3) is 0 Å². The molecule has 8 nitrogen and oxygen atoms in total. The minimum absolute atomic E-state index is 0.0106. The van der Waals surface area contributed by atoms with Crippen molar-refractivity contribution in [3.05, 3.63) is 69.3 Å². The number of carbonyl (C=O) groups excluding carboxylic acids is 3. The van der Waals surface area contributed by atoms with Crippen LogP contribution in [0.1, 0.15) is 43.7 Å². The molecule has 2 aromatic carbocycles. The van der Waals surface area contributed by atoms with Crippen LogP contribution in [0.5, 0.6) is 11.5 Å². The zero-order valence-corrected chi connectivity index (χ0v) is 21.9. The minimum Gasteiger partial charge on any atom is -0.493 e. The van der Waals surface area contributed by atoms with Crippen molar-refractivity contribution in [1.82, 2.24) is 16.0 Å². The first-order chi connectivity index (χ1) is 17.1. The van der Waals surface area contributed by atoms with Gasteiger partial charge in [-0.2, -0.15) is 0 Å². The fourth-order valence-corrected chi connectivity index (χ4v) is 5.65. The van der Waals surface area contributed by atoms with E-state index in [0.717, 1.165) is 21.3 Å². The SMILES string of the molecule is COc1cc(C2C3=C(CC(C)(C)CC3=O)NC3NC(=O)NC(=O)C32)ccc1OCc1ccc(Br)cc1. The summed E-state index contributed by atoms with van der Waals surface area (Å²) in [6, 6.07) is 12.8. The van der Waals surface area contributed by atoms with Crippen LogP contribution in [0.15, 0.2) is 58.2 Å². The summed E-state index contributed by atoms with van der Waals surface area (Å²) in [4.78, 5) is 38.5. The first kappa shape index (κ1) is 24.4. The van der Waals surface area contributed by atoms with Gasteiger partial charge in [0, 0.05) is 28.1 Å². The lowest BCUT2D eigenvalue weighted by Gasteiger charge is -2.46. The Morgan fingerprint density at radius 3 is 2.47 bits per heavy atom. The highest BCUT2D eigenvalue weighted by molar-refractivity contribution is 9.10. The summed E-state index contributed by atoms with van der Waals surface area (Å²) in [5.41, 5.74) is 2.93. The number of urea groups is 1. The number of Topliss-reactive ketones (excluding diaryl/α,β-unsaturated/α-hetero) is 1. The second kappa shape index (κ2) is 9.28. The van der Waals surface area contributed by atoms with Crippen LogP contribution in [-0.4, -0.2) is 31.0 Å². The van der Waals surface area contributed by atoms with Crippen LogP contribution in [0, 0.1) is 11.3 Å². The third-order valence-corrected chi connectivity index (χ3v) is 7.49. The van der Waals surface area contributed by atoms with Crippen molar-refractivity contribution in [1.29, 1.82) is 0 Å². The summed E-state index contributed by atoms with van der Waals surface area (Å²) in [5.74, 6) is -0.570. The van der Waals surface area contributed by atoms with E-state index in [0.29, 0.717) is 36.5 Å². The van der Waals surface area contributed by atoms with Crippen LogP contribution >= 0.6 is 15.9 Å². The second-order valence-corrected chi connectivity index (χ2v) is 11.2. The predicted molar refractivity (Wildman–Crippen MR) is 136 cm³/mol. The number of allylic oxidation sites excluding steroid dienone is 2. The van der Waals surface area contributed by atoms with Gasteiger partial charge in [0.05, 0.1) is 13.0 Å². The second-order valence-electron chi connectivity index (χ2n) is 10.2. The van der Waals surface area contributed by atoms with E-state index < -0.39 is 29.9 Å². The Labute approximate surface area is 217 Å². The van der Waals surface area contributed by atoms with Crippen molar-refractivity contribution in [2.45, 2.75) is 45.4 Å². The molecule has 0 radical (unpaired) electrons. The molecular formula is C27H28BrN3O5. The monoisotopic (exact) mass is 553 g/mol. The van der Waals surface area contributed by atoms with Crippen LogP contribution < -0.4 is 25.4 Å². The van der Waals surface area contributed by atoms with Crippen LogP contribution in [0.4, 0.5) is 4.79 Å². The highest BCUT2D eigenvalue weighted by Gasteiger charge is 2.51. The molecule has 36 heavy (non-hydrogen) atoms. The molecule has 3 N–H and O–H groups in total. The van der Waals surface area contributed by atoms with Gasteiger partial charge >= 0.3 is 6.03 Å². The fraction of sp³-hybridized carbons (Fsp3) is 0.370. The van der Waals surface area contributed by atoms with Crippen molar-refractivity contribution >= 4 is 33.7 Å². The van der Waals surface area contributed by atoms with Crippen molar-refractivity contribution in [2.75, 3.05) is 7.11 Å². The van der Waals surface area contributed by atoms with Crippen LogP contribution in [0.25, 0.3) is 0 Å². The minimum atomic E-state index is -0.689. The van der Waals surface area contributed by atoms with E-state index in [9.17, 15) is 14.4 Å². The Balaban J connectivity index is 1.52. The number of ketones is 1. The van der Waals surface area contributed by atoms with Gasteiger partial charge in [-0.3, -0.25) is 14.9 Å². The van der Waals surface area contributed by atoms with E-state index in [1.165, 1.54) is 0 Å². The number of hydrogen-bond acceptors (Lipinski definition) is 6. The maximum atomic E-state index is 13.4. The van der Waals surface area contributed by atoms with Gasteiger partial charge in [0.2, 0.25) is 5.91 Å². The molecule has 3 atom stereocenters. The van der Waals surface area contributed by atoms with E-state index in [-0.39, 0.29) is 11.2 Å². The lowest BCUT2D eigenvalue weighted by Crippen LogP contribution is -2.66. The van der Waals surface area contributed by atoms with E-state index >= 15 is 0 Å². The maximum Gasteiger partial charge on any atom is 0.323 e. The topological polar surface area (TPSA) is 106 Å². The molecule has 3 amide bonds. The Morgan fingerprint density at radius 2 is 1.75 bits per heavy atom. The Hall–Kier alpha value is -3.33. The number of fused-ring (bicyclic) bond motifs is 1. The number of halogens is 1. The van der Waals surface area contributed by atoms with Gasteiger partial charge in [0.15, 0.2) is 17.3 Å². The van der Waals surface area contributed by atoms with Crippen molar-refractivity contribution in [3.8, 4) is 11.5 Å². The number of ether oxygens (including phenoxy) is 2. The smallest absolute Gasteiger partial charge is 0.323 e. The van der Waals surface area contributed by atoms with Gasteiger partial charge in [-0.1, -0.05) is 48.0 Å². The molecule has 2 aromatic rings. The number of imide groups is 1. The lowest BCUT2D eigenvalue weighted by atomic mass is 9.66. The summed E-state index contributed by atoms with van der Waals surface area (Å²) < 4.78 is 12.7. The largest absolute Gasteiger partial charge is 0.493 e. The number of methoxy groups -OCH3 is 1. The summed E-state index contributed by atoms with van der Waals surface area (Å²) in [6.45, 7) is 4.45. The molecule has 3 aliphatic rings. The summed E-state index contributed by atoms with van der Waals surface area (Å²) in [6.07, 6.45) is 0.425. The zero-order chi connectivity index (χ0) is 25.6. The number of carbonyl (C=O) groups is 3. The zero-order valence-electron chi connectivity index (χ0n) is 20.3. The normalized spacial score (nSPS) is 24.7.